The summed E-state index contributed by atoms with van der Waals surface area (Å²) in [7, 11) is -3.87. The van der Waals surface area contributed by atoms with Crippen molar-refractivity contribution >= 4 is 62.3 Å². The van der Waals surface area contributed by atoms with Gasteiger partial charge < -0.3 is 10.2 Å². The van der Waals surface area contributed by atoms with Gasteiger partial charge >= 0.3 is 0 Å². The van der Waals surface area contributed by atoms with E-state index in [4.69, 9.17) is 34.8 Å². The summed E-state index contributed by atoms with van der Waals surface area (Å²) in [4.78, 5) is 28.7. The monoisotopic (exact) mass is 601 g/mol. The molecule has 1 atom stereocenters. The smallest absolute Gasteiger partial charge is 0.244 e. The lowest BCUT2D eigenvalue weighted by Crippen LogP contribution is -2.54. The molecule has 1 unspecified atom stereocenters. The van der Waals surface area contributed by atoms with Crippen LogP contribution in [0.2, 0.25) is 15.1 Å². The van der Waals surface area contributed by atoms with E-state index in [1.54, 1.807) is 37.3 Å². The number of carbonyl (C=O) groups is 2. The largest absolute Gasteiger partial charge is 0.352 e. The molecular formula is C27H34Cl3N3O4S. The van der Waals surface area contributed by atoms with Gasteiger partial charge in [-0.15, -0.1) is 0 Å². The normalized spacial score (nSPS) is 15.1. The maximum Gasteiger partial charge on any atom is 0.244 e. The summed E-state index contributed by atoms with van der Waals surface area (Å²) in [5.41, 5.74) is 1.51. The van der Waals surface area contributed by atoms with Gasteiger partial charge in [0, 0.05) is 33.2 Å². The Morgan fingerprint density at radius 3 is 2.21 bits per heavy atom. The van der Waals surface area contributed by atoms with Crippen molar-refractivity contribution < 1.29 is 18.0 Å². The lowest BCUT2D eigenvalue weighted by atomic mass is 9.95. The predicted octanol–water partition coefficient (Wildman–Crippen LogP) is 5.98. The highest BCUT2D eigenvalue weighted by Gasteiger charge is 2.33. The number of hydrogen-bond acceptors (Lipinski definition) is 4. The van der Waals surface area contributed by atoms with E-state index >= 15 is 0 Å². The van der Waals surface area contributed by atoms with Crippen molar-refractivity contribution in [1.82, 2.24) is 10.2 Å². The maximum atomic E-state index is 13.9. The topological polar surface area (TPSA) is 86.8 Å². The molecule has 11 heteroatoms. The molecule has 2 amide bonds. The third-order valence-corrected chi connectivity index (χ3v) is 9.11. The minimum absolute atomic E-state index is 0.0494. The lowest BCUT2D eigenvalue weighted by molar-refractivity contribution is -0.140. The first-order valence-electron chi connectivity index (χ1n) is 12.7. The molecule has 1 aliphatic rings. The minimum atomic E-state index is -3.87. The van der Waals surface area contributed by atoms with E-state index in [0.29, 0.717) is 27.1 Å². The molecule has 1 N–H and O–H groups in total. The Bertz CT molecular complexity index is 1250. The van der Waals surface area contributed by atoms with Gasteiger partial charge in [-0.1, -0.05) is 73.1 Å². The lowest BCUT2D eigenvalue weighted by Gasteiger charge is -2.34. The Kier molecular flexibility index (Phi) is 10.7. The molecule has 0 aromatic heterocycles. The Morgan fingerprint density at radius 1 is 1.03 bits per heavy atom. The second kappa shape index (κ2) is 13.4. The van der Waals surface area contributed by atoms with Crippen LogP contribution >= 0.6 is 34.8 Å². The zero-order valence-corrected chi connectivity index (χ0v) is 24.9. The van der Waals surface area contributed by atoms with Crippen LogP contribution < -0.4 is 9.62 Å². The summed E-state index contributed by atoms with van der Waals surface area (Å²) in [5, 5.41) is 4.18. The fraction of sp³-hybridized carbons (Fsp3) is 0.481. The van der Waals surface area contributed by atoms with Crippen LogP contribution in [0.5, 0.6) is 0 Å². The number of benzene rings is 2. The highest BCUT2D eigenvalue weighted by molar-refractivity contribution is 7.92. The molecule has 2 aromatic rings. The van der Waals surface area contributed by atoms with Crippen LogP contribution in [0.25, 0.3) is 0 Å². The number of hydrogen-bond donors (Lipinski definition) is 1. The summed E-state index contributed by atoms with van der Waals surface area (Å²) < 4.78 is 26.6. The van der Waals surface area contributed by atoms with Crippen LogP contribution in [0, 0.1) is 6.92 Å². The number of carbonyl (C=O) groups excluding carboxylic acids is 2. The van der Waals surface area contributed by atoms with E-state index in [0.717, 1.165) is 48.2 Å². The van der Waals surface area contributed by atoms with E-state index in [-0.39, 0.29) is 24.2 Å². The highest BCUT2D eigenvalue weighted by Crippen LogP contribution is 2.29. The van der Waals surface area contributed by atoms with Crippen LogP contribution in [0.3, 0.4) is 0 Å². The van der Waals surface area contributed by atoms with Gasteiger partial charge in [0.05, 0.1) is 11.9 Å². The van der Waals surface area contributed by atoms with Crippen molar-refractivity contribution in [3.05, 3.63) is 62.6 Å². The third-order valence-electron chi connectivity index (χ3n) is 6.85. The number of nitrogens with zero attached hydrogens (tertiary/aromatic N) is 2. The molecule has 3 rings (SSSR count). The molecule has 38 heavy (non-hydrogen) atoms. The Morgan fingerprint density at radius 2 is 1.66 bits per heavy atom. The second-order valence-electron chi connectivity index (χ2n) is 9.69. The van der Waals surface area contributed by atoms with Crippen LogP contribution in [0.1, 0.15) is 56.6 Å². The summed E-state index contributed by atoms with van der Waals surface area (Å²) >= 11 is 19.1. The highest BCUT2D eigenvalue weighted by atomic mass is 35.5. The van der Waals surface area contributed by atoms with Crippen molar-refractivity contribution in [3.63, 3.8) is 0 Å². The van der Waals surface area contributed by atoms with Gasteiger partial charge in [0.15, 0.2) is 0 Å². The number of halogens is 3. The first kappa shape index (κ1) is 30.5. The summed E-state index contributed by atoms with van der Waals surface area (Å²) in [6.07, 6.45) is 6.36. The number of anilines is 1. The van der Waals surface area contributed by atoms with Crippen LogP contribution in [-0.4, -0.2) is 50.0 Å². The Labute approximate surface area is 240 Å². The first-order chi connectivity index (χ1) is 17.9. The van der Waals surface area contributed by atoms with E-state index in [1.165, 1.54) is 11.0 Å². The van der Waals surface area contributed by atoms with Gasteiger partial charge in [0.25, 0.3) is 0 Å². The van der Waals surface area contributed by atoms with E-state index in [2.05, 4.69) is 5.32 Å². The van der Waals surface area contributed by atoms with Gasteiger partial charge in [-0.2, -0.15) is 0 Å². The van der Waals surface area contributed by atoms with Crippen molar-refractivity contribution in [3.8, 4) is 0 Å². The molecule has 0 spiro atoms. The molecule has 0 heterocycles. The molecule has 2 aromatic carbocycles. The predicted molar refractivity (Wildman–Crippen MR) is 154 cm³/mol. The maximum absolute atomic E-state index is 13.9. The van der Waals surface area contributed by atoms with E-state index in [9.17, 15) is 18.0 Å². The van der Waals surface area contributed by atoms with Gasteiger partial charge in [-0.25, -0.2) is 8.42 Å². The number of nitrogens with one attached hydrogen (secondary N) is 1. The quantitative estimate of drug-likeness (QED) is 0.363. The van der Waals surface area contributed by atoms with Crippen molar-refractivity contribution in [2.45, 2.75) is 71.0 Å². The van der Waals surface area contributed by atoms with Gasteiger partial charge in [0.1, 0.15) is 12.6 Å². The fourth-order valence-electron chi connectivity index (χ4n) is 4.67. The van der Waals surface area contributed by atoms with Crippen LogP contribution in [0.15, 0.2) is 36.4 Å². The van der Waals surface area contributed by atoms with E-state index < -0.39 is 28.5 Å². The molecule has 1 saturated carbocycles. The third kappa shape index (κ3) is 7.78. The summed E-state index contributed by atoms with van der Waals surface area (Å²) in [6.45, 7) is 3.04. The number of amides is 2. The first-order valence-corrected chi connectivity index (χ1v) is 15.7. The molecule has 1 aliphatic carbocycles. The van der Waals surface area contributed by atoms with Crippen LogP contribution in [-0.2, 0) is 26.2 Å². The van der Waals surface area contributed by atoms with Crippen LogP contribution in [0.4, 0.5) is 5.69 Å². The van der Waals surface area contributed by atoms with Crippen molar-refractivity contribution in [1.29, 1.82) is 0 Å². The molecule has 0 radical (unpaired) electrons. The number of rotatable bonds is 10. The molecule has 7 nitrogen and oxygen atoms in total. The fourth-order valence-corrected chi connectivity index (χ4v) is 6.20. The average Bonchev–Trinajstić information content (AvgIpc) is 2.85. The summed E-state index contributed by atoms with van der Waals surface area (Å²) in [6, 6.07) is 9.00. The van der Waals surface area contributed by atoms with Gasteiger partial charge in [-0.3, -0.25) is 13.9 Å². The van der Waals surface area contributed by atoms with Gasteiger partial charge in [-0.05, 0) is 56.0 Å². The summed E-state index contributed by atoms with van der Waals surface area (Å²) in [5.74, 6) is -0.839. The number of sulfonamides is 1. The Balaban J connectivity index is 1.97. The molecule has 0 saturated heterocycles. The number of aryl methyl sites for hydroxylation is 1. The molecule has 208 valence electrons. The zero-order chi connectivity index (χ0) is 28.0. The SMILES string of the molecule is CCC(C(=O)NC1CCCCC1)N(Cc1c(Cl)cccc1Cl)C(=O)CN(c1ccc(C)c(Cl)c1)S(C)(=O)=O. The standard InChI is InChI=1S/C27H34Cl3N3O4S/c1-4-25(27(35)31-19-9-6-5-7-10-19)32(16-21-22(28)11-8-12-23(21)29)26(34)17-33(38(3,36)37)20-14-13-18(2)24(30)15-20/h8,11-15,19,25H,4-7,9-10,16-17H2,1-3H3,(H,31,35). The van der Waals surface area contributed by atoms with E-state index in [1.807, 2.05) is 6.92 Å². The zero-order valence-electron chi connectivity index (χ0n) is 21.8. The minimum Gasteiger partial charge on any atom is -0.352 e. The molecule has 1 fully saturated rings. The average molecular weight is 603 g/mol. The molecular weight excluding hydrogens is 569 g/mol. The van der Waals surface area contributed by atoms with Gasteiger partial charge in [0.2, 0.25) is 21.8 Å². The second-order valence-corrected chi connectivity index (χ2v) is 12.8. The van der Waals surface area contributed by atoms with Crippen molar-refractivity contribution in [2.24, 2.45) is 0 Å². The molecule has 0 aliphatic heterocycles. The molecule has 0 bridgehead atoms. The van der Waals surface area contributed by atoms with Crippen molar-refractivity contribution in [2.75, 3.05) is 17.1 Å². The Hall–Kier alpha value is -2.00.